The van der Waals surface area contributed by atoms with Crippen molar-refractivity contribution in [3.05, 3.63) is 0 Å². The summed E-state index contributed by atoms with van der Waals surface area (Å²) in [5.74, 6) is 0.832. The van der Waals surface area contributed by atoms with Gasteiger partial charge >= 0.3 is 0 Å². The Kier molecular flexibility index (Phi) is 4.36. The fourth-order valence-corrected chi connectivity index (χ4v) is 2.75. The SMILES string of the molecule is CC1CCN(CC(=O)N2CCOCC2)C1CN. The van der Waals surface area contributed by atoms with Crippen LogP contribution < -0.4 is 5.73 Å². The molecule has 98 valence electrons. The van der Waals surface area contributed by atoms with Crippen LogP contribution in [0.15, 0.2) is 0 Å². The highest BCUT2D eigenvalue weighted by Gasteiger charge is 2.32. The molecule has 2 rings (SSSR count). The van der Waals surface area contributed by atoms with Gasteiger partial charge in [0.05, 0.1) is 19.8 Å². The highest BCUT2D eigenvalue weighted by Crippen LogP contribution is 2.22. The number of carbonyl (C=O) groups excluding carboxylic acids is 1. The molecular weight excluding hydrogens is 218 g/mol. The van der Waals surface area contributed by atoms with Crippen LogP contribution in [0.25, 0.3) is 0 Å². The molecule has 2 unspecified atom stereocenters. The molecule has 2 N–H and O–H groups in total. The molecule has 0 aromatic heterocycles. The van der Waals surface area contributed by atoms with Gasteiger partial charge in [-0.25, -0.2) is 0 Å². The molecule has 2 atom stereocenters. The molecule has 5 nitrogen and oxygen atoms in total. The molecule has 2 aliphatic rings. The van der Waals surface area contributed by atoms with Gasteiger partial charge in [0, 0.05) is 25.7 Å². The second-order valence-corrected chi connectivity index (χ2v) is 5.03. The zero-order chi connectivity index (χ0) is 12.3. The summed E-state index contributed by atoms with van der Waals surface area (Å²) in [4.78, 5) is 16.3. The van der Waals surface area contributed by atoms with Gasteiger partial charge in [0.25, 0.3) is 0 Å². The van der Waals surface area contributed by atoms with Gasteiger partial charge in [-0.1, -0.05) is 6.92 Å². The predicted molar refractivity (Wildman–Crippen MR) is 65.6 cm³/mol. The van der Waals surface area contributed by atoms with E-state index in [-0.39, 0.29) is 5.91 Å². The number of carbonyl (C=O) groups is 1. The number of nitrogens with zero attached hydrogens (tertiary/aromatic N) is 2. The maximum atomic E-state index is 12.1. The minimum Gasteiger partial charge on any atom is -0.378 e. The molecule has 2 saturated heterocycles. The Labute approximate surface area is 103 Å². The van der Waals surface area contributed by atoms with Gasteiger partial charge in [-0.3, -0.25) is 9.69 Å². The van der Waals surface area contributed by atoms with Gasteiger partial charge in [0.1, 0.15) is 0 Å². The molecule has 0 spiro atoms. The van der Waals surface area contributed by atoms with Crippen LogP contribution in [0.1, 0.15) is 13.3 Å². The average Bonchev–Trinajstić information content (AvgIpc) is 2.71. The van der Waals surface area contributed by atoms with Crippen molar-refractivity contribution in [1.29, 1.82) is 0 Å². The molecule has 0 bridgehead atoms. The van der Waals surface area contributed by atoms with Crippen LogP contribution in [0, 0.1) is 5.92 Å². The summed E-state index contributed by atoms with van der Waals surface area (Å²) < 4.78 is 5.25. The molecule has 0 aromatic rings. The first-order chi connectivity index (χ1) is 8.22. The quantitative estimate of drug-likeness (QED) is 0.724. The summed E-state index contributed by atoms with van der Waals surface area (Å²) in [7, 11) is 0. The summed E-state index contributed by atoms with van der Waals surface area (Å²) in [6, 6.07) is 0.375. The molecule has 2 heterocycles. The topological polar surface area (TPSA) is 58.8 Å². The van der Waals surface area contributed by atoms with Gasteiger partial charge < -0.3 is 15.4 Å². The Hall–Kier alpha value is -0.650. The van der Waals surface area contributed by atoms with E-state index in [0.717, 1.165) is 26.1 Å². The Balaban J connectivity index is 1.85. The van der Waals surface area contributed by atoms with Gasteiger partial charge in [-0.2, -0.15) is 0 Å². The van der Waals surface area contributed by atoms with Gasteiger partial charge in [-0.15, -0.1) is 0 Å². The normalized spacial score (nSPS) is 30.8. The zero-order valence-corrected chi connectivity index (χ0v) is 10.6. The highest BCUT2D eigenvalue weighted by atomic mass is 16.5. The molecule has 2 fully saturated rings. The fraction of sp³-hybridized carbons (Fsp3) is 0.917. The third kappa shape index (κ3) is 2.97. The van der Waals surface area contributed by atoms with Crippen molar-refractivity contribution in [2.45, 2.75) is 19.4 Å². The van der Waals surface area contributed by atoms with E-state index >= 15 is 0 Å². The van der Waals surface area contributed by atoms with Crippen molar-refractivity contribution in [2.75, 3.05) is 45.9 Å². The first kappa shape index (κ1) is 12.8. The monoisotopic (exact) mass is 241 g/mol. The Morgan fingerprint density at radius 2 is 2.06 bits per heavy atom. The largest absolute Gasteiger partial charge is 0.378 e. The van der Waals surface area contributed by atoms with Crippen molar-refractivity contribution in [1.82, 2.24) is 9.80 Å². The van der Waals surface area contributed by atoms with Gasteiger partial charge in [-0.05, 0) is 18.9 Å². The smallest absolute Gasteiger partial charge is 0.236 e. The lowest BCUT2D eigenvalue weighted by Gasteiger charge is -2.31. The van der Waals surface area contributed by atoms with Crippen molar-refractivity contribution >= 4 is 5.91 Å². The van der Waals surface area contributed by atoms with Crippen LogP contribution in [-0.2, 0) is 9.53 Å². The third-order valence-corrected chi connectivity index (χ3v) is 3.94. The zero-order valence-electron chi connectivity index (χ0n) is 10.6. The van der Waals surface area contributed by atoms with E-state index in [4.69, 9.17) is 10.5 Å². The second-order valence-electron chi connectivity index (χ2n) is 5.03. The number of hydrogen-bond donors (Lipinski definition) is 1. The summed E-state index contributed by atoms with van der Waals surface area (Å²) in [5.41, 5.74) is 5.78. The molecule has 0 aliphatic carbocycles. The van der Waals surface area contributed by atoms with E-state index in [1.54, 1.807) is 0 Å². The third-order valence-electron chi connectivity index (χ3n) is 3.94. The van der Waals surface area contributed by atoms with E-state index < -0.39 is 0 Å². The highest BCUT2D eigenvalue weighted by molar-refractivity contribution is 5.78. The maximum absolute atomic E-state index is 12.1. The van der Waals surface area contributed by atoms with Crippen molar-refractivity contribution < 1.29 is 9.53 Å². The molecule has 2 aliphatic heterocycles. The number of nitrogens with two attached hydrogens (primary N) is 1. The van der Waals surface area contributed by atoms with Crippen LogP contribution in [0.3, 0.4) is 0 Å². The summed E-state index contributed by atoms with van der Waals surface area (Å²) in [6.07, 6.45) is 1.15. The summed E-state index contributed by atoms with van der Waals surface area (Å²) in [5, 5.41) is 0. The first-order valence-electron chi connectivity index (χ1n) is 6.52. The van der Waals surface area contributed by atoms with E-state index in [0.29, 0.717) is 38.3 Å². The number of rotatable bonds is 3. The van der Waals surface area contributed by atoms with E-state index in [2.05, 4.69) is 11.8 Å². The fourth-order valence-electron chi connectivity index (χ4n) is 2.75. The van der Waals surface area contributed by atoms with Crippen LogP contribution in [0.2, 0.25) is 0 Å². The molecule has 0 saturated carbocycles. The average molecular weight is 241 g/mol. The molecule has 1 amide bonds. The van der Waals surface area contributed by atoms with E-state index in [1.807, 2.05) is 4.90 Å². The number of hydrogen-bond acceptors (Lipinski definition) is 4. The van der Waals surface area contributed by atoms with E-state index in [9.17, 15) is 4.79 Å². The lowest BCUT2D eigenvalue weighted by Crippen LogP contribution is -2.48. The molecule has 17 heavy (non-hydrogen) atoms. The number of morpholine rings is 1. The Bertz CT molecular complexity index is 266. The van der Waals surface area contributed by atoms with Crippen molar-refractivity contribution in [3.8, 4) is 0 Å². The minimum absolute atomic E-state index is 0.223. The van der Waals surface area contributed by atoms with Gasteiger partial charge in [0.15, 0.2) is 0 Å². The van der Waals surface area contributed by atoms with Crippen molar-refractivity contribution in [2.24, 2.45) is 11.7 Å². The Morgan fingerprint density at radius 1 is 1.35 bits per heavy atom. The predicted octanol–water partition coefficient (Wildman–Crippen LogP) is -0.486. The van der Waals surface area contributed by atoms with E-state index in [1.165, 1.54) is 0 Å². The summed E-state index contributed by atoms with van der Waals surface area (Å²) in [6.45, 7) is 7.19. The Morgan fingerprint density at radius 3 is 2.71 bits per heavy atom. The lowest BCUT2D eigenvalue weighted by atomic mass is 10.0. The second kappa shape index (κ2) is 5.80. The number of likely N-dealkylation sites (tertiary alicyclic amines) is 1. The van der Waals surface area contributed by atoms with Crippen LogP contribution >= 0.6 is 0 Å². The van der Waals surface area contributed by atoms with Crippen molar-refractivity contribution in [3.63, 3.8) is 0 Å². The number of amides is 1. The van der Waals surface area contributed by atoms with Gasteiger partial charge in [0.2, 0.25) is 5.91 Å². The van der Waals surface area contributed by atoms with Crippen LogP contribution in [0.4, 0.5) is 0 Å². The van der Waals surface area contributed by atoms with Crippen LogP contribution in [-0.4, -0.2) is 67.7 Å². The molecular formula is C12H23N3O2. The molecule has 0 aromatic carbocycles. The molecule has 5 heteroatoms. The lowest BCUT2D eigenvalue weighted by molar-refractivity contribution is -0.136. The minimum atomic E-state index is 0.223. The number of ether oxygens (including phenoxy) is 1. The standard InChI is InChI=1S/C12H23N3O2/c1-10-2-3-15(11(10)8-13)9-12(16)14-4-6-17-7-5-14/h10-11H,2-9,13H2,1H3. The maximum Gasteiger partial charge on any atom is 0.236 e. The first-order valence-corrected chi connectivity index (χ1v) is 6.52. The summed E-state index contributed by atoms with van der Waals surface area (Å²) >= 11 is 0. The van der Waals surface area contributed by atoms with Crippen LogP contribution in [0.5, 0.6) is 0 Å². The molecule has 0 radical (unpaired) electrons.